The molecule has 0 bridgehead atoms. The van der Waals surface area contributed by atoms with Gasteiger partial charge >= 0.3 is 11.8 Å². The van der Waals surface area contributed by atoms with E-state index in [4.69, 9.17) is 0 Å². The van der Waals surface area contributed by atoms with E-state index < -0.39 is 57.4 Å². The number of halogens is 8. The summed E-state index contributed by atoms with van der Waals surface area (Å²) in [6.45, 7) is 3.40. The van der Waals surface area contributed by atoms with Crippen LogP contribution in [-0.4, -0.2) is 11.8 Å². The summed E-state index contributed by atoms with van der Waals surface area (Å²) in [5.41, 5.74) is -5.08. The van der Waals surface area contributed by atoms with Gasteiger partial charge in [0.1, 0.15) is 0 Å². The zero-order valence-corrected chi connectivity index (χ0v) is 17.3. The second-order valence-electron chi connectivity index (χ2n) is 7.61. The number of allylic oxidation sites excluding steroid dienone is 4. The van der Waals surface area contributed by atoms with Gasteiger partial charge in [0.2, 0.25) is 0 Å². The van der Waals surface area contributed by atoms with E-state index in [1.807, 2.05) is 0 Å². The quantitative estimate of drug-likeness (QED) is 0.385. The van der Waals surface area contributed by atoms with Crippen LogP contribution in [0.25, 0.3) is 11.1 Å². The van der Waals surface area contributed by atoms with Gasteiger partial charge in [-0.25, -0.2) is 17.6 Å². The fourth-order valence-electron chi connectivity index (χ4n) is 3.75. The Balaban J connectivity index is 2.17. The highest BCUT2D eigenvalue weighted by Crippen LogP contribution is 2.54. The van der Waals surface area contributed by atoms with Crippen molar-refractivity contribution in [2.75, 3.05) is 0 Å². The van der Waals surface area contributed by atoms with E-state index in [9.17, 15) is 35.1 Å². The molecule has 0 heterocycles. The lowest BCUT2D eigenvalue weighted by Gasteiger charge is -2.34. The highest BCUT2D eigenvalue weighted by atomic mass is 19.3. The minimum atomic E-state index is -5.01. The van der Waals surface area contributed by atoms with E-state index in [0.29, 0.717) is 25.0 Å². The SMILES string of the molecule is CCCc1ccc(C2=CC=C(c3ccc(CCC)c(F)c3F)C(F)(F)C2(F)F)c(F)c1F. The summed E-state index contributed by atoms with van der Waals surface area (Å²) in [6, 6.07) is 3.76. The van der Waals surface area contributed by atoms with Crippen molar-refractivity contribution in [2.45, 2.75) is 51.4 Å². The van der Waals surface area contributed by atoms with Crippen molar-refractivity contribution in [1.29, 1.82) is 0 Å². The van der Waals surface area contributed by atoms with Gasteiger partial charge in [0.15, 0.2) is 23.3 Å². The van der Waals surface area contributed by atoms with E-state index >= 15 is 0 Å². The van der Waals surface area contributed by atoms with E-state index in [1.54, 1.807) is 13.8 Å². The van der Waals surface area contributed by atoms with Crippen molar-refractivity contribution >= 4 is 11.1 Å². The number of hydrogen-bond acceptors (Lipinski definition) is 0. The fourth-order valence-corrected chi connectivity index (χ4v) is 3.75. The van der Waals surface area contributed by atoms with E-state index in [2.05, 4.69) is 0 Å². The summed E-state index contributed by atoms with van der Waals surface area (Å²) in [4.78, 5) is 0. The van der Waals surface area contributed by atoms with Crippen LogP contribution in [0, 0.1) is 23.3 Å². The number of aryl methyl sites for hydroxylation is 2. The molecular formula is C24H20F8. The molecule has 3 rings (SSSR count). The number of alkyl halides is 4. The molecule has 8 heteroatoms. The van der Waals surface area contributed by atoms with Gasteiger partial charge in [-0.15, -0.1) is 0 Å². The van der Waals surface area contributed by atoms with E-state index in [-0.39, 0.29) is 24.0 Å². The van der Waals surface area contributed by atoms with Gasteiger partial charge in [0.05, 0.1) is 0 Å². The molecule has 0 unspecified atom stereocenters. The third-order valence-corrected chi connectivity index (χ3v) is 5.43. The Morgan fingerprint density at radius 3 is 1.22 bits per heavy atom. The Bertz CT molecular complexity index is 1010. The lowest BCUT2D eigenvalue weighted by molar-refractivity contribution is -0.133. The van der Waals surface area contributed by atoms with Crippen LogP contribution in [-0.2, 0) is 12.8 Å². The topological polar surface area (TPSA) is 0 Å². The number of benzene rings is 2. The second kappa shape index (κ2) is 8.71. The van der Waals surface area contributed by atoms with Gasteiger partial charge in [0.25, 0.3) is 0 Å². The van der Waals surface area contributed by atoms with Crippen molar-refractivity contribution in [1.82, 2.24) is 0 Å². The van der Waals surface area contributed by atoms with Crippen LogP contribution in [0.2, 0.25) is 0 Å². The first-order valence-electron chi connectivity index (χ1n) is 10.1. The van der Waals surface area contributed by atoms with Gasteiger partial charge in [0, 0.05) is 22.3 Å². The molecule has 0 N–H and O–H groups in total. The van der Waals surface area contributed by atoms with Crippen LogP contribution in [0.15, 0.2) is 36.4 Å². The molecular weight excluding hydrogens is 440 g/mol. The number of hydrogen-bond donors (Lipinski definition) is 0. The van der Waals surface area contributed by atoms with Gasteiger partial charge in [-0.2, -0.15) is 17.6 Å². The van der Waals surface area contributed by atoms with Crippen LogP contribution < -0.4 is 0 Å². The molecule has 2 aromatic carbocycles. The molecule has 0 atom stereocenters. The second-order valence-corrected chi connectivity index (χ2v) is 7.61. The predicted molar refractivity (Wildman–Crippen MR) is 107 cm³/mol. The molecule has 0 nitrogen and oxygen atoms in total. The third-order valence-electron chi connectivity index (χ3n) is 5.43. The Morgan fingerprint density at radius 1 is 0.562 bits per heavy atom. The summed E-state index contributed by atoms with van der Waals surface area (Å²) >= 11 is 0. The van der Waals surface area contributed by atoms with Crippen molar-refractivity contribution in [3.8, 4) is 0 Å². The molecule has 0 aromatic heterocycles. The molecule has 0 aliphatic heterocycles. The maximum atomic E-state index is 14.9. The van der Waals surface area contributed by atoms with Crippen molar-refractivity contribution in [2.24, 2.45) is 0 Å². The average molecular weight is 460 g/mol. The van der Waals surface area contributed by atoms with E-state index in [0.717, 1.165) is 24.3 Å². The van der Waals surface area contributed by atoms with Crippen molar-refractivity contribution in [3.05, 3.63) is 81.9 Å². The lowest BCUT2D eigenvalue weighted by Crippen LogP contribution is -2.44. The highest BCUT2D eigenvalue weighted by molar-refractivity contribution is 5.86. The summed E-state index contributed by atoms with van der Waals surface area (Å²) in [6.07, 6.45) is 2.16. The van der Waals surface area contributed by atoms with Crippen molar-refractivity contribution in [3.63, 3.8) is 0 Å². The largest absolute Gasteiger partial charge is 0.340 e. The minimum Gasteiger partial charge on any atom is -0.203 e. The summed E-state index contributed by atoms with van der Waals surface area (Å²) in [5, 5.41) is 0. The molecule has 0 saturated carbocycles. The zero-order valence-electron chi connectivity index (χ0n) is 17.3. The monoisotopic (exact) mass is 460 g/mol. The van der Waals surface area contributed by atoms with Gasteiger partial charge in [-0.05, 0) is 24.0 Å². The maximum Gasteiger partial charge on any atom is 0.340 e. The molecule has 32 heavy (non-hydrogen) atoms. The smallest absolute Gasteiger partial charge is 0.203 e. The van der Waals surface area contributed by atoms with Crippen LogP contribution in [0.4, 0.5) is 35.1 Å². The Kier molecular flexibility index (Phi) is 6.54. The molecule has 172 valence electrons. The highest BCUT2D eigenvalue weighted by Gasteiger charge is 2.63. The first kappa shape index (κ1) is 24.0. The minimum absolute atomic E-state index is 0.0683. The molecule has 0 radical (unpaired) electrons. The Hall–Kier alpha value is -2.64. The van der Waals surface area contributed by atoms with Gasteiger partial charge in [-0.3, -0.25) is 0 Å². The lowest BCUT2D eigenvalue weighted by atomic mass is 9.82. The Morgan fingerprint density at radius 2 is 0.906 bits per heavy atom. The average Bonchev–Trinajstić information content (AvgIpc) is 2.73. The van der Waals surface area contributed by atoms with Crippen molar-refractivity contribution < 1.29 is 35.1 Å². The number of rotatable bonds is 6. The standard InChI is InChI=1S/C24H20F8/c1-3-5-13-7-9-15(21(27)19(13)25)17-11-12-18(24(31,32)23(17,29)30)16-10-8-14(6-4-2)20(26)22(16)28/h7-12H,3-6H2,1-2H3. The van der Waals surface area contributed by atoms with Gasteiger partial charge in [-0.1, -0.05) is 63.1 Å². The molecule has 0 saturated heterocycles. The summed E-state index contributed by atoms with van der Waals surface area (Å²) in [5.74, 6) is -16.1. The third kappa shape index (κ3) is 3.73. The predicted octanol–water partition coefficient (Wildman–Crippen LogP) is 7.90. The van der Waals surface area contributed by atoms with Crippen LogP contribution in [0.1, 0.15) is 48.9 Å². The summed E-state index contributed by atoms with van der Waals surface area (Å²) < 4.78 is 117. The first-order chi connectivity index (χ1) is 15.0. The van der Waals surface area contributed by atoms with Crippen LogP contribution in [0.5, 0.6) is 0 Å². The van der Waals surface area contributed by atoms with Crippen LogP contribution >= 0.6 is 0 Å². The summed E-state index contributed by atoms with van der Waals surface area (Å²) in [7, 11) is 0. The van der Waals surface area contributed by atoms with E-state index in [1.165, 1.54) is 0 Å². The van der Waals surface area contributed by atoms with Gasteiger partial charge < -0.3 is 0 Å². The maximum absolute atomic E-state index is 14.9. The molecule has 0 fully saturated rings. The zero-order chi connectivity index (χ0) is 23.8. The molecule has 0 amide bonds. The molecule has 1 aliphatic rings. The Labute approximate surface area is 180 Å². The molecule has 2 aromatic rings. The first-order valence-corrected chi connectivity index (χ1v) is 10.1. The van der Waals surface area contributed by atoms with Crippen LogP contribution in [0.3, 0.4) is 0 Å². The molecule has 1 aliphatic carbocycles. The fraction of sp³-hybridized carbons (Fsp3) is 0.333. The normalized spacial score (nSPS) is 17.2. The molecule has 0 spiro atoms.